The highest BCUT2D eigenvalue weighted by Gasteiger charge is 2.53. The Morgan fingerprint density at radius 2 is 0.405 bits per heavy atom. The molecule has 6 aliphatic rings. The van der Waals surface area contributed by atoms with Gasteiger partial charge in [-0.2, -0.15) is 44.9 Å². The third-order valence-electron chi connectivity index (χ3n) is 32.8. The largest absolute Gasteiger partial charge is 0.354 e. The number of unbranched alkanes of at least 4 members (excludes halogenated alkanes) is 6. The van der Waals surface area contributed by atoms with Crippen molar-refractivity contribution in [2.45, 2.75) is 477 Å². The van der Waals surface area contributed by atoms with E-state index in [2.05, 4.69) is 330 Å². The SMILES string of the molecule is CCCCN(c1nc(NCCCNCCN(CCCNc2nc(N(CCCC)C3CC(C)(C)N(C)C(C)(C)C3)nc(N(CCCC)C3CC(C)(C)N(C)C(C)(C)C3)n2)c2nc(N(CCCC)C3CC(C)(C)N(C)C(C)(C)C3)nc(N(CCCC)C3CC(C)(C)N(C)C(C)(C)C3)n2)nc(N(CCCC)C2CC(C)(C)N(C)C(C)(C)C2)n1)C1CC(C)(C)N(C)C(C)(C)C1. The number of nitrogens with one attached hydrogen (secondary N) is 3. The van der Waals surface area contributed by atoms with Gasteiger partial charge in [-0.05, 0) is 343 Å². The summed E-state index contributed by atoms with van der Waals surface area (Å²) in [7, 11) is 13.9. The second-order valence-electron chi connectivity index (χ2n) is 47.8. The van der Waals surface area contributed by atoms with Crippen LogP contribution in [0.2, 0.25) is 0 Å². The molecule has 0 spiro atoms. The lowest BCUT2D eigenvalue weighted by molar-refractivity contribution is -0.0135. The molecule has 9 rings (SSSR count). The molecule has 0 saturated carbocycles. The van der Waals surface area contributed by atoms with Crippen LogP contribution in [0.15, 0.2) is 0 Å². The van der Waals surface area contributed by atoms with Crippen LogP contribution in [0.5, 0.6) is 0 Å². The van der Waals surface area contributed by atoms with Crippen molar-refractivity contribution in [3.8, 4) is 0 Å². The molecule has 0 unspecified atom stereocenters. The zero-order chi connectivity index (χ0) is 93.5. The molecule has 6 saturated heterocycles. The molecule has 0 bridgehead atoms. The molecular formula is C101H193N25. The molecule has 0 atom stereocenters. The highest BCUT2D eigenvalue weighted by Crippen LogP contribution is 2.48. The molecule has 126 heavy (non-hydrogen) atoms. The summed E-state index contributed by atoms with van der Waals surface area (Å²) in [6.45, 7) is 81.8. The maximum atomic E-state index is 5.91. The predicted octanol–water partition coefficient (Wildman–Crippen LogP) is 19.2. The quantitative estimate of drug-likeness (QED) is 0.0452. The van der Waals surface area contributed by atoms with Crippen molar-refractivity contribution in [3.05, 3.63) is 0 Å². The predicted molar refractivity (Wildman–Crippen MR) is 538 cm³/mol. The summed E-state index contributed by atoms with van der Waals surface area (Å²) in [6, 6.07) is 1.44. The molecule has 0 radical (unpaired) electrons. The van der Waals surface area contributed by atoms with Gasteiger partial charge in [0.15, 0.2) is 0 Å². The first-order valence-electron chi connectivity index (χ1n) is 50.8. The van der Waals surface area contributed by atoms with Gasteiger partial charge >= 0.3 is 0 Å². The molecule has 6 fully saturated rings. The van der Waals surface area contributed by atoms with E-state index in [1.54, 1.807) is 0 Å². The van der Waals surface area contributed by atoms with Gasteiger partial charge in [0.05, 0.1) is 0 Å². The van der Waals surface area contributed by atoms with Crippen LogP contribution in [-0.2, 0) is 0 Å². The molecule has 3 N–H and O–H groups in total. The van der Waals surface area contributed by atoms with Crippen LogP contribution in [-0.4, -0.2) is 298 Å². The zero-order valence-corrected chi connectivity index (χ0v) is 88.2. The molecule has 722 valence electrons. The maximum Gasteiger partial charge on any atom is 0.232 e. The van der Waals surface area contributed by atoms with E-state index in [0.717, 1.165) is 261 Å². The van der Waals surface area contributed by atoms with Crippen LogP contribution in [0.25, 0.3) is 0 Å². The minimum atomic E-state index is -0.0529. The summed E-state index contributed by atoms with van der Waals surface area (Å²) in [5.41, 5.74) is -0.378. The topological polar surface area (TPSA) is 194 Å². The van der Waals surface area contributed by atoms with E-state index < -0.39 is 0 Å². The van der Waals surface area contributed by atoms with Crippen molar-refractivity contribution in [2.24, 2.45) is 0 Å². The number of aromatic nitrogens is 9. The van der Waals surface area contributed by atoms with Gasteiger partial charge < -0.3 is 50.2 Å². The highest BCUT2D eigenvalue weighted by atomic mass is 15.5. The van der Waals surface area contributed by atoms with E-state index >= 15 is 0 Å². The van der Waals surface area contributed by atoms with Gasteiger partial charge in [-0.3, -0.25) is 29.4 Å². The Kier molecular flexibility index (Phi) is 34.9. The first kappa shape index (κ1) is 105. The fraction of sp³-hybridized carbons (Fsp3) is 0.911. The van der Waals surface area contributed by atoms with Gasteiger partial charge in [0, 0.05) is 175 Å². The molecule has 25 nitrogen and oxygen atoms in total. The van der Waals surface area contributed by atoms with Crippen molar-refractivity contribution < 1.29 is 0 Å². The minimum absolute atomic E-state index is 0.0114. The van der Waals surface area contributed by atoms with Gasteiger partial charge in [0.1, 0.15) is 0 Å². The van der Waals surface area contributed by atoms with Gasteiger partial charge in [0.2, 0.25) is 53.5 Å². The number of piperidine rings is 6. The summed E-state index contributed by atoms with van der Waals surface area (Å²) >= 11 is 0. The molecular weight excluding hydrogens is 1560 g/mol. The second kappa shape index (κ2) is 42.0. The molecule has 0 amide bonds. The molecule has 3 aromatic heterocycles. The Labute approximate surface area is 772 Å². The lowest BCUT2D eigenvalue weighted by Gasteiger charge is -2.56. The summed E-state index contributed by atoms with van der Waals surface area (Å²) in [5, 5.41) is 11.9. The first-order chi connectivity index (χ1) is 58.6. The second-order valence-corrected chi connectivity index (χ2v) is 47.8. The Balaban J connectivity index is 1.12. The Hall–Kier alpha value is -5.05. The average Bonchev–Trinajstić information content (AvgIpc) is 0.763. The van der Waals surface area contributed by atoms with E-state index in [9.17, 15) is 0 Å². The molecule has 0 aromatic carbocycles. The normalized spacial score (nSPS) is 23.0. The monoisotopic (exact) mass is 1760 g/mol. The lowest BCUT2D eigenvalue weighted by Crippen LogP contribution is -2.63. The van der Waals surface area contributed by atoms with Crippen LogP contribution in [0.1, 0.15) is 375 Å². The fourth-order valence-electron chi connectivity index (χ4n) is 23.5. The number of hydrogen-bond donors (Lipinski definition) is 3. The van der Waals surface area contributed by atoms with Crippen molar-refractivity contribution >= 4 is 53.5 Å². The van der Waals surface area contributed by atoms with Crippen LogP contribution in [0, 0.1) is 0 Å². The van der Waals surface area contributed by atoms with E-state index in [1.165, 1.54) is 0 Å². The van der Waals surface area contributed by atoms with E-state index in [4.69, 9.17) is 44.9 Å². The molecule has 9 heterocycles. The van der Waals surface area contributed by atoms with Crippen LogP contribution >= 0.6 is 0 Å². The Bertz CT molecular complexity index is 3540. The number of anilines is 9. The molecule has 0 aliphatic carbocycles. The summed E-state index contributed by atoms with van der Waals surface area (Å²) in [5.74, 6) is 6.89. The van der Waals surface area contributed by atoms with E-state index in [0.29, 0.717) is 38.1 Å². The third-order valence-corrected chi connectivity index (χ3v) is 32.8. The number of rotatable bonds is 44. The Morgan fingerprint density at radius 1 is 0.222 bits per heavy atom. The van der Waals surface area contributed by atoms with Crippen molar-refractivity contribution in [1.82, 2.24) is 79.6 Å². The number of nitrogens with zero attached hydrogens (tertiary/aromatic N) is 22. The maximum absolute atomic E-state index is 5.91. The number of likely N-dealkylation sites (tertiary alicyclic amines) is 6. The summed E-state index contributed by atoms with van der Waals surface area (Å²) in [4.78, 5) is 85.3. The van der Waals surface area contributed by atoms with Gasteiger partial charge in [0.25, 0.3) is 0 Å². The van der Waals surface area contributed by atoms with Crippen molar-refractivity contribution in [3.63, 3.8) is 0 Å². The van der Waals surface area contributed by atoms with Gasteiger partial charge in [-0.1, -0.05) is 80.1 Å². The van der Waals surface area contributed by atoms with Crippen LogP contribution in [0.3, 0.4) is 0 Å². The lowest BCUT2D eigenvalue weighted by atomic mass is 9.77. The van der Waals surface area contributed by atoms with E-state index in [-0.39, 0.29) is 103 Å². The minimum Gasteiger partial charge on any atom is -0.354 e. The Morgan fingerprint density at radius 3 is 0.603 bits per heavy atom. The van der Waals surface area contributed by atoms with Crippen LogP contribution in [0.4, 0.5) is 53.5 Å². The zero-order valence-electron chi connectivity index (χ0n) is 88.2. The third kappa shape index (κ3) is 25.3. The summed E-state index contributed by atoms with van der Waals surface area (Å²) < 4.78 is 0. The smallest absolute Gasteiger partial charge is 0.232 e. The summed E-state index contributed by atoms with van der Waals surface area (Å²) in [6.07, 6.45) is 26.6. The van der Waals surface area contributed by atoms with Crippen molar-refractivity contribution in [2.75, 3.05) is 166 Å². The average molecular weight is 1760 g/mol. The molecule has 6 aliphatic heterocycles. The van der Waals surface area contributed by atoms with Crippen molar-refractivity contribution in [1.29, 1.82) is 0 Å². The molecule has 3 aromatic rings. The number of hydrogen-bond acceptors (Lipinski definition) is 25. The first-order valence-corrected chi connectivity index (χ1v) is 50.8. The highest BCUT2D eigenvalue weighted by molar-refractivity contribution is 5.52. The standard InChI is InChI=1S/C101H193N25/c1-37-43-56-121(75-63-90(7,8)114(31)91(9,10)64-75)84-105-81(106-85(111-84)122(57-44-38-2)76-65-92(11,12)115(32)93(13,14)66-76)103-52-49-51-102-54-62-120(83-109-88(125(60-47-41-5)79-71-98(23,24)118(35)99(25,26)72-79)113-89(110-83)126(61-48-42-6)80-73-100(27,28)119(36)101(29,30)74-80)55-50-53-104-82-107-86(123(58-45-39-3)77-67-94(15,16)116(33)95(17,18)68-77)112-87(108-82)124(59-46-40-4)78-69-96(19,20)117(34)97(21,22)70-78/h75-80,102H,37-74H2,1-36H3,(H,103,105,106,111)(H,104,107,108,112). The van der Waals surface area contributed by atoms with Gasteiger partial charge in [-0.25, -0.2) is 0 Å². The van der Waals surface area contributed by atoms with E-state index in [1.807, 2.05) is 0 Å². The van der Waals surface area contributed by atoms with Gasteiger partial charge in [-0.15, -0.1) is 0 Å². The van der Waals surface area contributed by atoms with Crippen LogP contribution < -0.4 is 50.2 Å². The molecule has 25 heteroatoms. The fourth-order valence-corrected chi connectivity index (χ4v) is 23.5.